The third-order valence-corrected chi connectivity index (χ3v) is 8.16. The number of hydrogen-bond acceptors (Lipinski definition) is 4. The Morgan fingerprint density at radius 2 is 1.93 bits per heavy atom. The van der Waals surface area contributed by atoms with Crippen molar-refractivity contribution in [1.29, 1.82) is 0 Å². The molecule has 0 unspecified atom stereocenters. The normalized spacial score (nSPS) is 17.6. The molecule has 0 aliphatic carbocycles. The van der Waals surface area contributed by atoms with E-state index in [1.54, 1.807) is 11.8 Å². The molecular weight excluding hydrogens is 423 g/mol. The van der Waals surface area contributed by atoms with Crippen molar-refractivity contribution in [2.24, 2.45) is 5.92 Å². The Balaban J connectivity index is 1.47. The van der Waals surface area contributed by atoms with Crippen molar-refractivity contribution in [3.8, 4) is 0 Å². The smallest absolute Gasteiger partial charge is 0.243 e. The van der Waals surface area contributed by atoms with E-state index in [0.717, 1.165) is 23.6 Å². The second-order valence-corrected chi connectivity index (χ2v) is 10.5. The highest BCUT2D eigenvalue weighted by Gasteiger charge is 2.33. The Morgan fingerprint density at radius 3 is 2.67 bits per heavy atom. The van der Waals surface area contributed by atoms with Gasteiger partial charge in [-0.05, 0) is 55.2 Å². The minimum absolute atomic E-state index is 0.0533. The van der Waals surface area contributed by atoms with Crippen molar-refractivity contribution < 1.29 is 17.6 Å². The van der Waals surface area contributed by atoms with Crippen LogP contribution in [0.2, 0.25) is 0 Å². The first-order valence-corrected chi connectivity index (χ1v) is 12.6. The van der Waals surface area contributed by atoms with Gasteiger partial charge in [-0.1, -0.05) is 24.3 Å². The molecule has 30 heavy (non-hydrogen) atoms. The minimum Gasteiger partial charge on any atom is -0.355 e. The number of hydrogen-bond donors (Lipinski definition) is 1. The number of carbonyl (C=O) groups is 1. The molecule has 5 nitrogen and oxygen atoms in total. The largest absolute Gasteiger partial charge is 0.355 e. The van der Waals surface area contributed by atoms with Crippen LogP contribution in [0.1, 0.15) is 24.0 Å². The quantitative estimate of drug-likeness (QED) is 0.625. The molecule has 1 atom stereocenters. The van der Waals surface area contributed by atoms with Crippen molar-refractivity contribution in [2.45, 2.75) is 30.4 Å². The summed E-state index contributed by atoms with van der Waals surface area (Å²) < 4.78 is 40.0. The van der Waals surface area contributed by atoms with Crippen molar-refractivity contribution in [3.63, 3.8) is 0 Å². The Labute approximate surface area is 182 Å². The van der Waals surface area contributed by atoms with Crippen molar-refractivity contribution in [3.05, 3.63) is 65.5 Å². The van der Waals surface area contributed by atoms with Gasteiger partial charge in [-0.3, -0.25) is 4.79 Å². The van der Waals surface area contributed by atoms with E-state index >= 15 is 0 Å². The standard InChI is InChI=1S/C22H27FN2O3S2/c1-17-5-2-3-6-19(17)16-29-14-12-24-22(26)18-7-4-13-25(15-18)30(27,28)21-10-8-20(23)9-11-21/h2-3,5-6,8-11,18H,4,7,12-16H2,1H3,(H,24,26)/t18-/m1/s1. The molecule has 162 valence electrons. The first-order valence-electron chi connectivity index (χ1n) is 10.0. The lowest BCUT2D eigenvalue weighted by Gasteiger charge is -2.31. The number of halogens is 1. The highest BCUT2D eigenvalue weighted by Crippen LogP contribution is 2.24. The predicted octanol–water partition coefficient (Wildman–Crippen LogP) is 3.58. The topological polar surface area (TPSA) is 66.5 Å². The zero-order valence-corrected chi connectivity index (χ0v) is 18.6. The zero-order chi connectivity index (χ0) is 21.6. The zero-order valence-electron chi connectivity index (χ0n) is 17.0. The molecule has 0 aromatic heterocycles. The molecule has 1 amide bonds. The SMILES string of the molecule is Cc1ccccc1CSCCNC(=O)[C@@H]1CCCN(S(=O)(=O)c2ccc(F)cc2)C1. The second-order valence-electron chi connectivity index (χ2n) is 7.43. The fraction of sp³-hybridized carbons (Fsp3) is 0.409. The van der Waals surface area contributed by atoms with Gasteiger partial charge in [-0.15, -0.1) is 0 Å². The van der Waals surface area contributed by atoms with Crippen molar-refractivity contribution >= 4 is 27.7 Å². The molecule has 0 saturated carbocycles. The maximum absolute atomic E-state index is 13.1. The van der Waals surface area contributed by atoms with Gasteiger partial charge in [-0.2, -0.15) is 16.1 Å². The summed E-state index contributed by atoms with van der Waals surface area (Å²) in [6, 6.07) is 13.0. The Morgan fingerprint density at radius 1 is 1.20 bits per heavy atom. The average Bonchev–Trinajstić information content (AvgIpc) is 2.75. The van der Waals surface area contributed by atoms with Gasteiger partial charge in [0.15, 0.2) is 0 Å². The maximum atomic E-state index is 13.1. The van der Waals surface area contributed by atoms with E-state index in [1.165, 1.54) is 27.6 Å². The number of aryl methyl sites for hydroxylation is 1. The summed E-state index contributed by atoms with van der Waals surface area (Å²) in [6.45, 7) is 3.17. The van der Waals surface area contributed by atoms with Gasteiger partial charge in [0.05, 0.1) is 10.8 Å². The fourth-order valence-electron chi connectivity index (χ4n) is 3.48. The first kappa shape index (κ1) is 22.8. The number of thioether (sulfide) groups is 1. The van der Waals surface area contributed by atoms with Gasteiger partial charge in [0.2, 0.25) is 15.9 Å². The van der Waals surface area contributed by atoms with Gasteiger partial charge in [0.25, 0.3) is 0 Å². The Hall–Kier alpha value is -1.90. The number of sulfonamides is 1. The van der Waals surface area contributed by atoms with Gasteiger partial charge >= 0.3 is 0 Å². The molecule has 1 saturated heterocycles. The predicted molar refractivity (Wildman–Crippen MR) is 118 cm³/mol. The molecule has 0 bridgehead atoms. The summed E-state index contributed by atoms with van der Waals surface area (Å²) in [5.74, 6) is 0.742. The number of piperidine rings is 1. The monoisotopic (exact) mass is 450 g/mol. The van der Waals surface area contributed by atoms with Gasteiger partial charge in [0.1, 0.15) is 5.82 Å². The van der Waals surface area contributed by atoms with E-state index < -0.39 is 15.8 Å². The number of carbonyl (C=O) groups excluding carboxylic acids is 1. The van der Waals surface area contributed by atoms with E-state index in [1.807, 2.05) is 12.1 Å². The van der Waals surface area contributed by atoms with Crippen LogP contribution in [-0.2, 0) is 20.6 Å². The molecule has 2 aromatic rings. The summed E-state index contributed by atoms with van der Waals surface area (Å²) in [7, 11) is -3.73. The highest BCUT2D eigenvalue weighted by molar-refractivity contribution is 7.98. The van der Waals surface area contributed by atoms with Crippen LogP contribution in [0.3, 0.4) is 0 Å². The molecule has 0 radical (unpaired) electrons. The van der Waals surface area contributed by atoms with Crippen molar-refractivity contribution in [1.82, 2.24) is 9.62 Å². The van der Waals surface area contributed by atoms with Crippen LogP contribution in [0.4, 0.5) is 4.39 Å². The third-order valence-electron chi connectivity index (χ3n) is 5.27. The lowest BCUT2D eigenvalue weighted by molar-refractivity contribution is -0.125. The van der Waals surface area contributed by atoms with E-state index in [2.05, 4.69) is 24.4 Å². The van der Waals surface area contributed by atoms with Crippen LogP contribution in [0.15, 0.2) is 53.4 Å². The average molecular weight is 451 g/mol. The highest BCUT2D eigenvalue weighted by atomic mass is 32.2. The summed E-state index contributed by atoms with van der Waals surface area (Å²) in [5, 5.41) is 2.94. The van der Waals surface area contributed by atoms with E-state index in [9.17, 15) is 17.6 Å². The van der Waals surface area contributed by atoms with Crippen LogP contribution in [0, 0.1) is 18.7 Å². The fourth-order valence-corrected chi connectivity index (χ4v) is 5.93. The van der Waals surface area contributed by atoms with E-state index in [-0.39, 0.29) is 23.3 Å². The number of rotatable bonds is 8. The molecule has 8 heteroatoms. The van der Waals surface area contributed by atoms with E-state index in [4.69, 9.17) is 0 Å². The lowest BCUT2D eigenvalue weighted by atomic mass is 9.99. The molecular formula is C22H27FN2O3S2. The van der Waals surface area contributed by atoms with Crippen LogP contribution < -0.4 is 5.32 Å². The number of benzene rings is 2. The summed E-state index contributed by atoms with van der Waals surface area (Å²) in [6.07, 6.45) is 1.29. The molecule has 1 aliphatic rings. The third kappa shape index (κ3) is 5.83. The Bertz CT molecular complexity index is 965. The number of nitrogens with one attached hydrogen (secondary N) is 1. The lowest BCUT2D eigenvalue weighted by Crippen LogP contribution is -2.45. The molecule has 1 aliphatic heterocycles. The molecule has 3 rings (SSSR count). The van der Waals surface area contributed by atoms with Gasteiger partial charge in [-0.25, -0.2) is 12.8 Å². The van der Waals surface area contributed by atoms with Gasteiger partial charge < -0.3 is 5.32 Å². The van der Waals surface area contributed by atoms with Crippen LogP contribution in [0.25, 0.3) is 0 Å². The van der Waals surface area contributed by atoms with Crippen LogP contribution in [-0.4, -0.2) is 44.0 Å². The second kappa shape index (κ2) is 10.4. The molecule has 1 N–H and O–H groups in total. The Kier molecular flexibility index (Phi) is 7.91. The van der Waals surface area contributed by atoms with Gasteiger partial charge in [0, 0.05) is 31.1 Å². The summed E-state index contributed by atoms with van der Waals surface area (Å²) in [5.41, 5.74) is 2.56. The van der Waals surface area contributed by atoms with Crippen molar-refractivity contribution in [2.75, 3.05) is 25.4 Å². The number of amides is 1. The minimum atomic E-state index is -3.73. The van der Waals surface area contributed by atoms with Crippen LogP contribution in [0.5, 0.6) is 0 Å². The summed E-state index contributed by atoms with van der Waals surface area (Å²) >= 11 is 1.76. The molecule has 0 spiro atoms. The summed E-state index contributed by atoms with van der Waals surface area (Å²) in [4.78, 5) is 12.6. The van der Waals surface area contributed by atoms with E-state index in [0.29, 0.717) is 25.9 Å². The number of nitrogens with zero attached hydrogens (tertiary/aromatic N) is 1. The molecule has 1 heterocycles. The first-order chi connectivity index (χ1) is 14.4. The van der Waals surface area contributed by atoms with Crippen LogP contribution >= 0.6 is 11.8 Å². The molecule has 1 fully saturated rings. The maximum Gasteiger partial charge on any atom is 0.243 e. The molecule has 2 aromatic carbocycles.